The molecule has 0 aromatic carbocycles. The lowest BCUT2D eigenvalue weighted by molar-refractivity contribution is 0.268. The first kappa shape index (κ1) is 11.7. The fourth-order valence-corrected chi connectivity index (χ4v) is 2.63. The van der Waals surface area contributed by atoms with E-state index < -0.39 is 0 Å². The van der Waals surface area contributed by atoms with Gasteiger partial charge in [-0.25, -0.2) is 4.98 Å². The number of nitrogens with one attached hydrogen (secondary N) is 1. The summed E-state index contributed by atoms with van der Waals surface area (Å²) in [5.41, 5.74) is 2.49. The number of rotatable bonds is 2. The third kappa shape index (κ3) is 2.12. The van der Waals surface area contributed by atoms with Gasteiger partial charge in [-0.05, 0) is 44.4 Å². The Labute approximate surface area is 107 Å². The molecule has 3 rings (SSSR count). The highest BCUT2D eigenvalue weighted by Gasteiger charge is 2.25. The van der Waals surface area contributed by atoms with Gasteiger partial charge in [-0.1, -0.05) is 13.3 Å². The molecule has 2 aromatic heterocycles. The number of piperidine rings is 1. The van der Waals surface area contributed by atoms with Gasteiger partial charge in [-0.2, -0.15) is 4.98 Å². The smallest absolute Gasteiger partial charge is 0.214 e. The van der Waals surface area contributed by atoms with Crippen LogP contribution in [-0.4, -0.2) is 16.5 Å². The van der Waals surface area contributed by atoms with E-state index >= 15 is 0 Å². The number of pyridine rings is 1. The second-order valence-electron chi connectivity index (χ2n) is 5.13. The van der Waals surface area contributed by atoms with Gasteiger partial charge < -0.3 is 9.73 Å². The van der Waals surface area contributed by atoms with Gasteiger partial charge in [0.05, 0.1) is 6.04 Å². The monoisotopic (exact) mass is 245 g/mol. The molecule has 1 aliphatic rings. The highest BCUT2D eigenvalue weighted by atomic mass is 16.3. The van der Waals surface area contributed by atoms with Crippen LogP contribution in [-0.2, 0) is 0 Å². The molecule has 0 amide bonds. The zero-order valence-corrected chi connectivity index (χ0v) is 10.9. The van der Waals surface area contributed by atoms with Crippen LogP contribution < -0.4 is 5.32 Å². The Morgan fingerprint density at radius 3 is 3.11 bits per heavy atom. The van der Waals surface area contributed by atoms with Crippen LogP contribution in [0.4, 0.5) is 0 Å². The lowest BCUT2D eigenvalue weighted by Crippen LogP contribution is -2.31. The zero-order valence-electron chi connectivity index (χ0n) is 10.9. The van der Waals surface area contributed by atoms with Gasteiger partial charge >= 0.3 is 0 Å². The number of aromatic nitrogens is 2. The van der Waals surface area contributed by atoms with Crippen molar-refractivity contribution in [2.75, 3.05) is 6.54 Å². The van der Waals surface area contributed by atoms with Crippen LogP contribution in [0.2, 0.25) is 0 Å². The van der Waals surface area contributed by atoms with Crippen molar-refractivity contribution in [1.29, 1.82) is 0 Å². The van der Waals surface area contributed by atoms with Gasteiger partial charge in [-0.15, -0.1) is 0 Å². The summed E-state index contributed by atoms with van der Waals surface area (Å²) >= 11 is 0. The van der Waals surface area contributed by atoms with Crippen molar-refractivity contribution in [3.63, 3.8) is 0 Å². The molecule has 4 nitrogen and oxygen atoms in total. The van der Waals surface area contributed by atoms with E-state index in [0.29, 0.717) is 0 Å². The van der Waals surface area contributed by atoms with E-state index in [4.69, 9.17) is 4.42 Å². The minimum Gasteiger partial charge on any atom is -0.437 e. The first-order valence-electron chi connectivity index (χ1n) is 6.73. The maximum Gasteiger partial charge on any atom is 0.214 e. The van der Waals surface area contributed by atoms with Crippen molar-refractivity contribution in [2.45, 2.75) is 39.2 Å². The topological polar surface area (TPSA) is 51.0 Å². The average Bonchev–Trinajstić information content (AvgIpc) is 2.81. The van der Waals surface area contributed by atoms with Crippen LogP contribution in [0.15, 0.2) is 16.5 Å². The summed E-state index contributed by atoms with van der Waals surface area (Å²) in [4.78, 5) is 8.92. The predicted molar refractivity (Wildman–Crippen MR) is 70.3 cm³/mol. The molecule has 0 spiro atoms. The van der Waals surface area contributed by atoms with Gasteiger partial charge in [-0.3, -0.25) is 0 Å². The van der Waals surface area contributed by atoms with E-state index in [-0.39, 0.29) is 6.04 Å². The second kappa shape index (κ2) is 4.69. The van der Waals surface area contributed by atoms with E-state index in [9.17, 15) is 0 Å². The molecule has 4 heteroatoms. The Morgan fingerprint density at radius 2 is 2.28 bits per heavy atom. The summed E-state index contributed by atoms with van der Waals surface area (Å²) in [5, 5.41) is 3.49. The van der Waals surface area contributed by atoms with E-state index in [1.54, 1.807) is 0 Å². The first-order valence-corrected chi connectivity index (χ1v) is 6.73. The summed E-state index contributed by atoms with van der Waals surface area (Å²) < 4.78 is 5.82. The summed E-state index contributed by atoms with van der Waals surface area (Å²) in [6.45, 7) is 5.28. The summed E-state index contributed by atoms with van der Waals surface area (Å²) in [7, 11) is 0. The van der Waals surface area contributed by atoms with E-state index in [1.165, 1.54) is 12.8 Å². The standard InChI is InChI=1S/C14H19N3O/c1-3-10-6-7-15-11(8-10)14-17-13-12(18-14)5-4-9(2)16-13/h4-5,10-11,15H,3,6-8H2,1-2H3. The summed E-state index contributed by atoms with van der Waals surface area (Å²) in [5.74, 6) is 1.57. The van der Waals surface area contributed by atoms with Crippen molar-refractivity contribution in [1.82, 2.24) is 15.3 Å². The number of aryl methyl sites for hydroxylation is 1. The molecule has 0 aliphatic carbocycles. The lowest BCUT2D eigenvalue weighted by Gasteiger charge is -2.27. The predicted octanol–water partition coefficient (Wildman–Crippen LogP) is 2.98. The molecular formula is C14H19N3O. The largest absolute Gasteiger partial charge is 0.437 e. The van der Waals surface area contributed by atoms with Gasteiger partial charge in [0.2, 0.25) is 5.89 Å². The molecule has 2 aromatic rings. The molecule has 1 aliphatic heterocycles. The fourth-order valence-electron chi connectivity index (χ4n) is 2.63. The van der Waals surface area contributed by atoms with E-state index in [1.807, 2.05) is 19.1 Å². The quantitative estimate of drug-likeness (QED) is 0.883. The first-order chi connectivity index (χ1) is 8.76. The van der Waals surface area contributed by atoms with Crippen molar-refractivity contribution in [3.8, 4) is 0 Å². The number of hydrogen-bond donors (Lipinski definition) is 1. The Kier molecular flexibility index (Phi) is 3.04. The molecule has 2 atom stereocenters. The minimum atomic E-state index is 0.248. The molecule has 1 saturated heterocycles. The van der Waals surface area contributed by atoms with Crippen LogP contribution in [0, 0.1) is 12.8 Å². The molecule has 18 heavy (non-hydrogen) atoms. The Bertz CT molecular complexity index is 549. The van der Waals surface area contributed by atoms with Crippen molar-refractivity contribution in [3.05, 3.63) is 23.7 Å². The number of hydrogen-bond acceptors (Lipinski definition) is 4. The lowest BCUT2D eigenvalue weighted by atomic mass is 9.90. The molecular weight excluding hydrogens is 226 g/mol. The third-order valence-corrected chi connectivity index (χ3v) is 3.80. The van der Waals surface area contributed by atoms with Crippen LogP contribution in [0.5, 0.6) is 0 Å². The Morgan fingerprint density at radius 1 is 1.39 bits per heavy atom. The molecule has 3 heterocycles. The highest BCUT2D eigenvalue weighted by molar-refractivity contribution is 5.67. The van der Waals surface area contributed by atoms with Gasteiger partial charge in [0.1, 0.15) is 0 Å². The Balaban J connectivity index is 1.89. The second-order valence-corrected chi connectivity index (χ2v) is 5.13. The molecule has 0 radical (unpaired) electrons. The van der Waals surface area contributed by atoms with Crippen LogP contribution in [0.1, 0.15) is 43.8 Å². The SMILES string of the molecule is CCC1CCNC(c2nc3nc(C)ccc3o2)C1. The van der Waals surface area contributed by atoms with Crippen LogP contribution in [0.25, 0.3) is 11.2 Å². The van der Waals surface area contributed by atoms with E-state index in [2.05, 4.69) is 22.2 Å². The molecule has 0 bridgehead atoms. The third-order valence-electron chi connectivity index (χ3n) is 3.80. The summed E-state index contributed by atoms with van der Waals surface area (Å²) in [6.07, 6.45) is 3.60. The normalized spacial score (nSPS) is 24.6. The molecule has 96 valence electrons. The number of oxazole rings is 1. The highest BCUT2D eigenvalue weighted by Crippen LogP contribution is 2.30. The molecule has 1 fully saturated rings. The van der Waals surface area contributed by atoms with Crippen molar-refractivity contribution >= 4 is 11.2 Å². The average molecular weight is 245 g/mol. The van der Waals surface area contributed by atoms with Crippen molar-refractivity contribution in [2.24, 2.45) is 5.92 Å². The van der Waals surface area contributed by atoms with Crippen LogP contribution in [0.3, 0.4) is 0 Å². The Hall–Kier alpha value is -1.42. The zero-order chi connectivity index (χ0) is 12.5. The summed E-state index contributed by atoms with van der Waals surface area (Å²) in [6, 6.07) is 4.16. The van der Waals surface area contributed by atoms with Crippen LogP contribution >= 0.6 is 0 Å². The van der Waals surface area contributed by atoms with Crippen molar-refractivity contribution < 1.29 is 4.42 Å². The van der Waals surface area contributed by atoms with Gasteiger partial charge in [0, 0.05) is 5.69 Å². The molecule has 1 N–H and O–H groups in total. The number of fused-ring (bicyclic) bond motifs is 1. The fraction of sp³-hybridized carbons (Fsp3) is 0.571. The minimum absolute atomic E-state index is 0.248. The van der Waals surface area contributed by atoms with Gasteiger partial charge in [0.25, 0.3) is 0 Å². The molecule has 2 unspecified atom stereocenters. The number of nitrogens with zero attached hydrogens (tertiary/aromatic N) is 2. The van der Waals surface area contributed by atoms with E-state index in [0.717, 1.165) is 41.7 Å². The molecule has 0 saturated carbocycles. The maximum atomic E-state index is 5.82. The maximum absolute atomic E-state index is 5.82. The van der Waals surface area contributed by atoms with Gasteiger partial charge in [0.15, 0.2) is 11.2 Å².